The van der Waals surface area contributed by atoms with Crippen molar-refractivity contribution in [2.45, 2.75) is 0 Å². The average Bonchev–Trinajstić information content (AvgIpc) is 2.14. The van der Waals surface area contributed by atoms with Crippen LogP contribution in [0, 0.1) is 6.67 Å². The molecule has 1 aliphatic heterocycles. The Morgan fingerprint density at radius 3 is 2.88 bits per heavy atom. The number of nitrogens with zero attached hydrogens (tertiary/aromatic N) is 2. The molecule has 1 heterocycles. The van der Waals surface area contributed by atoms with Crippen molar-refractivity contribution in [1.82, 2.24) is 4.90 Å². The summed E-state index contributed by atoms with van der Waals surface area (Å²) in [5, 5.41) is 0. The number of hydrogen-bond acceptors (Lipinski definition) is 3. The Morgan fingerprint density at radius 2 is 2.62 bits per heavy atom. The van der Waals surface area contributed by atoms with E-state index in [1.165, 1.54) is 0 Å². The molecule has 44 valence electrons. The topological polar surface area (TPSA) is 24.8 Å². The molecule has 0 spiro atoms. The first-order chi connectivity index (χ1) is 3.83. The van der Waals surface area contributed by atoms with Crippen LogP contribution in [-0.4, -0.2) is 31.5 Å². The molecule has 0 aliphatic carbocycles. The van der Waals surface area contributed by atoms with Gasteiger partial charge in [-0.1, -0.05) is 0 Å². The minimum absolute atomic E-state index is 0.729. The predicted octanol–water partition coefficient (Wildman–Crippen LogP) is -0.0270. The lowest BCUT2D eigenvalue weighted by atomic mass is 10.6. The summed E-state index contributed by atoms with van der Waals surface area (Å²) < 4.78 is 4.83. The number of aliphatic imine (C=N–C) groups is 1. The van der Waals surface area contributed by atoms with Crippen molar-refractivity contribution >= 4 is 5.90 Å². The molecule has 0 amide bonds. The van der Waals surface area contributed by atoms with Crippen molar-refractivity contribution in [3.8, 4) is 0 Å². The highest BCUT2D eigenvalue weighted by Gasteiger charge is 2.11. The largest absolute Gasteiger partial charge is 0.483 e. The Balaban J connectivity index is 2.37. The van der Waals surface area contributed by atoms with Crippen LogP contribution in [0.3, 0.4) is 0 Å². The molecule has 3 nitrogen and oxygen atoms in total. The van der Waals surface area contributed by atoms with Crippen LogP contribution in [0.4, 0.5) is 0 Å². The molecule has 0 aromatic carbocycles. The van der Waals surface area contributed by atoms with Gasteiger partial charge >= 0.3 is 0 Å². The second-order valence-electron chi connectivity index (χ2n) is 1.67. The maximum absolute atomic E-state index is 4.83. The lowest BCUT2D eigenvalue weighted by Gasteiger charge is -2.00. The fourth-order valence-corrected chi connectivity index (χ4v) is 0.525. The van der Waals surface area contributed by atoms with Crippen LogP contribution in [0.5, 0.6) is 0 Å². The summed E-state index contributed by atoms with van der Waals surface area (Å²) in [7, 11) is 3.51. The van der Waals surface area contributed by atoms with Gasteiger partial charge in [0.2, 0.25) is 6.67 Å². The third-order valence-corrected chi connectivity index (χ3v) is 0.953. The molecule has 0 unspecified atom stereocenters. The first-order valence-corrected chi connectivity index (χ1v) is 2.40. The first-order valence-electron chi connectivity index (χ1n) is 2.40. The summed E-state index contributed by atoms with van der Waals surface area (Å²) in [6, 6.07) is 0. The minimum Gasteiger partial charge on any atom is -0.483 e. The van der Waals surface area contributed by atoms with Crippen molar-refractivity contribution in [1.29, 1.82) is 0 Å². The summed E-state index contributed by atoms with van der Waals surface area (Å²) in [5.74, 6) is 0.729. The zero-order valence-electron chi connectivity index (χ0n) is 5.01. The molecule has 0 N–H and O–H groups in total. The molecule has 0 aromatic rings. The van der Waals surface area contributed by atoms with Crippen molar-refractivity contribution in [3.05, 3.63) is 6.67 Å². The van der Waals surface area contributed by atoms with Crippen LogP contribution < -0.4 is 0 Å². The Kier molecular flexibility index (Phi) is 1.48. The maximum Gasteiger partial charge on any atom is 0.202 e. The third kappa shape index (κ3) is 0.980. The molecule has 0 atom stereocenters. The van der Waals surface area contributed by atoms with Gasteiger partial charge in [-0.3, -0.25) is 4.90 Å². The molecule has 3 heteroatoms. The van der Waals surface area contributed by atoms with E-state index in [9.17, 15) is 0 Å². The zero-order chi connectivity index (χ0) is 5.98. The van der Waals surface area contributed by atoms with Crippen molar-refractivity contribution in [2.24, 2.45) is 4.99 Å². The molecule has 2 radical (unpaired) electrons. The molecule has 0 fully saturated rings. The molecular weight excluding hydrogens is 104 g/mol. The highest BCUT2D eigenvalue weighted by Crippen LogP contribution is 2.00. The standard InChI is InChI=1S/C5H8N2O/c1-7-3-5(8-2)6-4-7/h3H2,1-2H3. The molecular formula is C5H8N2O. The zero-order valence-corrected chi connectivity index (χ0v) is 5.01. The molecule has 0 saturated heterocycles. The predicted molar refractivity (Wildman–Crippen MR) is 30.3 cm³/mol. The SMILES string of the molecule is COC1=N[C]N(C)C1. The number of ether oxygens (including phenoxy) is 1. The quantitative estimate of drug-likeness (QED) is 0.439. The number of methoxy groups -OCH3 is 1. The Hall–Kier alpha value is -0.570. The van der Waals surface area contributed by atoms with Gasteiger partial charge in [0.1, 0.15) is 0 Å². The van der Waals surface area contributed by atoms with Crippen LogP contribution in [0.25, 0.3) is 0 Å². The van der Waals surface area contributed by atoms with Gasteiger partial charge in [-0.25, -0.2) is 4.99 Å². The minimum atomic E-state index is 0.729. The van der Waals surface area contributed by atoms with E-state index >= 15 is 0 Å². The summed E-state index contributed by atoms with van der Waals surface area (Å²) in [5.41, 5.74) is 0. The highest BCUT2D eigenvalue weighted by molar-refractivity contribution is 5.80. The number of rotatable bonds is 0. The Bertz CT molecular complexity index is 111. The molecule has 8 heavy (non-hydrogen) atoms. The smallest absolute Gasteiger partial charge is 0.202 e. The summed E-state index contributed by atoms with van der Waals surface area (Å²) in [6.07, 6.45) is 0. The van der Waals surface area contributed by atoms with Gasteiger partial charge in [-0.2, -0.15) is 0 Å². The highest BCUT2D eigenvalue weighted by atomic mass is 16.5. The van der Waals surface area contributed by atoms with E-state index in [-0.39, 0.29) is 0 Å². The fraction of sp³-hybridized carbons (Fsp3) is 0.600. The third-order valence-electron chi connectivity index (χ3n) is 0.953. The maximum atomic E-state index is 4.83. The van der Waals surface area contributed by atoms with E-state index in [2.05, 4.69) is 11.7 Å². The fourth-order valence-electron chi connectivity index (χ4n) is 0.525. The van der Waals surface area contributed by atoms with Crippen LogP contribution in [-0.2, 0) is 4.74 Å². The monoisotopic (exact) mass is 112 g/mol. The second kappa shape index (κ2) is 2.13. The van der Waals surface area contributed by atoms with E-state index in [1.54, 1.807) is 7.11 Å². The van der Waals surface area contributed by atoms with Crippen LogP contribution >= 0.6 is 0 Å². The second-order valence-corrected chi connectivity index (χ2v) is 1.67. The molecule has 1 aliphatic rings. The van der Waals surface area contributed by atoms with Gasteiger partial charge in [0, 0.05) is 0 Å². The Labute approximate surface area is 49.0 Å². The summed E-state index contributed by atoms with van der Waals surface area (Å²) >= 11 is 0. The van der Waals surface area contributed by atoms with Gasteiger partial charge in [0.05, 0.1) is 13.7 Å². The molecule has 0 aromatic heterocycles. The average molecular weight is 112 g/mol. The van der Waals surface area contributed by atoms with Crippen LogP contribution in [0.15, 0.2) is 4.99 Å². The van der Waals surface area contributed by atoms with E-state index in [4.69, 9.17) is 4.74 Å². The van der Waals surface area contributed by atoms with Gasteiger partial charge in [-0.15, -0.1) is 0 Å². The van der Waals surface area contributed by atoms with Crippen molar-refractivity contribution < 1.29 is 4.74 Å². The van der Waals surface area contributed by atoms with Gasteiger partial charge in [-0.05, 0) is 7.05 Å². The summed E-state index contributed by atoms with van der Waals surface area (Å²) in [4.78, 5) is 5.64. The van der Waals surface area contributed by atoms with Crippen LogP contribution in [0.1, 0.15) is 0 Å². The van der Waals surface area contributed by atoms with Gasteiger partial charge in [0.25, 0.3) is 0 Å². The molecule has 0 saturated carbocycles. The lowest BCUT2D eigenvalue weighted by Crippen LogP contribution is -2.15. The van der Waals surface area contributed by atoms with E-state index < -0.39 is 0 Å². The Morgan fingerprint density at radius 1 is 1.88 bits per heavy atom. The van der Waals surface area contributed by atoms with Gasteiger partial charge in [0.15, 0.2) is 5.90 Å². The normalized spacial score (nSPS) is 21.0. The van der Waals surface area contributed by atoms with Crippen LogP contribution in [0.2, 0.25) is 0 Å². The van der Waals surface area contributed by atoms with Gasteiger partial charge < -0.3 is 4.74 Å². The number of likely N-dealkylation sites (N-methyl/N-ethyl adjacent to an activating group) is 1. The molecule has 1 rings (SSSR count). The number of hydrogen-bond donors (Lipinski definition) is 0. The van der Waals surface area contributed by atoms with E-state index in [0.29, 0.717) is 0 Å². The van der Waals surface area contributed by atoms with Crippen molar-refractivity contribution in [2.75, 3.05) is 20.7 Å². The lowest BCUT2D eigenvalue weighted by molar-refractivity contribution is 0.380. The van der Waals surface area contributed by atoms with E-state index in [0.717, 1.165) is 12.4 Å². The summed E-state index contributed by atoms with van der Waals surface area (Å²) in [6.45, 7) is 3.46. The first kappa shape index (κ1) is 5.56. The molecule has 0 bridgehead atoms. The van der Waals surface area contributed by atoms with Crippen molar-refractivity contribution in [3.63, 3.8) is 0 Å². The van der Waals surface area contributed by atoms with E-state index in [1.807, 2.05) is 11.9 Å².